The zero-order valence-corrected chi connectivity index (χ0v) is 9.83. The summed E-state index contributed by atoms with van der Waals surface area (Å²) < 4.78 is 16.7. The lowest BCUT2D eigenvalue weighted by molar-refractivity contribution is 0.00578. The van der Waals surface area contributed by atoms with Gasteiger partial charge in [0.15, 0.2) is 5.66 Å². The van der Waals surface area contributed by atoms with Crippen LogP contribution in [0.1, 0.15) is 33.4 Å². The van der Waals surface area contributed by atoms with Crippen molar-refractivity contribution < 1.29 is 13.8 Å². The maximum atomic E-state index is 5.81. The Balaban J connectivity index is 2.23. The zero-order valence-electron chi connectivity index (χ0n) is 9.83. The largest absolute Gasteiger partial charge is 0.535 e. The number of aromatic nitrogens is 1. The van der Waals surface area contributed by atoms with E-state index in [4.69, 9.17) is 13.8 Å². The van der Waals surface area contributed by atoms with Gasteiger partial charge in [0.2, 0.25) is 0 Å². The molecule has 5 heteroatoms. The molecule has 4 nitrogen and oxygen atoms in total. The Labute approximate surface area is 90.1 Å². The molecule has 0 unspecified atom stereocenters. The second-order valence-electron chi connectivity index (χ2n) is 4.96. The van der Waals surface area contributed by atoms with Gasteiger partial charge in [-0.25, -0.2) is 0 Å². The van der Waals surface area contributed by atoms with Gasteiger partial charge in [-0.3, -0.25) is 0 Å². The molecule has 0 N–H and O–H groups in total. The maximum absolute atomic E-state index is 5.81. The van der Waals surface area contributed by atoms with Gasteiger partial charge in [0.25, 0.3) is 0 Å². The van der Waals surface area contributed by atoms with E-state index in [1.807, 2.05) is 40.7 Å². The first-order chi connectivity index (χ1) is 6.82. The van der Waals surface area contributed by atoms with Gasteiger partial charge in [0.1, 0.15) is 0 Å². The van der Waals surface area contributed by atoms with Crippen molar-refractivity contribution in [1.82, 2.24) is 5.16 Å². The van der Waals surface area contributed by atoms with Gasteiger partial charge in [-0.05, 0) is 34.6 Å². The van der Waals surface area contributed by atoms with Crippen molar-refractivity contribution in [3.8, 4) is 0 Å². The molecule has 82 valence electrons. The molecule has 0 aromatic carbocycles. The van der Waals surface area contributed by atoms with E-state index < -0.39 is 7.12 Å². The molecule has 0 radical (unpaired) electrons. The highest BCUT2D eigenvalue weighted by Crippen LogP contribution is 2.36. The quantitative estimate of drug-likeness (QED) is 0.653. The molecule has 1 fully saturated rings. The minimum Gasteiger partial charge on any atom is -0.397 e. The Bertz CT molecular complexity index is 356. The van der Waals surface area contributed by atoms with Crippen molar-refractivity contribution >= 4 is 12.8 Å². The molecule has 0 saturated carbocycles. The molecule has 1 saturated heterocycles. The number of nitrogens with zero attached hydrogens (tertiary/aromatic N) is 1. The smallest absolute Gasteiger partial charge is 0.397 e. The minimum atomic E-state index is -0.448. The lowest BCUT2D eigenvalue weighted by Crippen LogP contribution is -2.41. The molecule has 0 amide bonds. The summed E-state index contributed by atoms with van der Waals surface area (Å²) in [5.41, 5.74) is 0.794. The fourth-order valence-corrected chi connectivity index (χ4v) is 1.45. The van der Waals surface area contributed by atoms with Gasteiger partial charge in [-0.15, -0.1) is 0 Å². The third kappa shape index (κ3) is 1.70. The number of aryl methyl sites for hydroxylation is 1. The Morgan fingerprint density at radius 2 is 1.67 bits per heavy atom. The van der Waals surface area contributed by atoms with E-state index in [1.54, 1.807) is 0 Å². The summed E-state index contributed by atoms with van der Waals surface area (Å²) in [5, 5.41) is 3.82. The average Bonchev–Trinajstić information content (AvgIpc) is 2.56. The van der Waals surface area contributed by atoms with Gasteiger partial charge in [-0.2, -0.15) is 0 Å². The molecule has 15 heavy (non-hydrogen) atoms. The van der Waals surface area contributed by atoms with E-state index >= 15 is 0 Å². The Kier molecular flexibility index (Phi) is 2.21. The van der Waals surface area contributed by atoms with Crippen molar-refractivity contribution in [2.75, 3.05) is 0 Å². The van der Waals surface area contributed by atoms with Gasteiger partial charge in [0.05, 0.1) is 16.9 Å². The highest BCUT2D eigenvalue weighted by atomic mass is 16.7. The SMILES string of the molecule is Cc1cc(B2OC(C)(C)C(C)(C)O2)on1. The molecule has 0 atom stereocenters. The van der Waals surface area contributed by atoms with Gasteiger partial charge in [0, 0.05) is 6.07 Å². The van der Waals surface area contributed by atoms with Crippen LogP contribution in [0, 0.1) is 6.92 Å². The Hall–Kier alpha value is -0.805. The number of rotatable bonds is 1. The van der Waals surface area contributed by atoms with Crippen LogP contribution in [-0.4, -0.2) is 23.5 Å². The van der Waals surface area contributed by atoms with Crippen LogP contribution < -0.4 is 5.66 Å². The predicted octanol–water partition coefficient (Wildman–Crippen LogP) is 1.28. The molecule has 1 aliphatic rings. The van der Waals surface area contributed by atoms with Crippen LogP contribution in [-0.2, 0) is 9.31 Å². The second kappa shape index (κ2) is 3.09. The summed E-state index contributed by atoms with van der Waals surface area (Å²) in [6, 6.07) is 1.84. The van der Waals surface area contributed by atoms with Crippen LogP contribution in [0.3, 0.4) is 0 Å². The molecule has 2 rings (SSSR count). The first kappa shape index (κ1) is 10.7. The second-order valence-corrected chi connectivity index (χ2v) is 4.96. The molecular formula is C10H16BNO3. The van der Waals surface area contributed by atoms with Crippen LogP contribution in [0.2, 0.25) is 0 Å². The van der Waals surface area contributed by atoms with Crippen molar-refractivity contribution in [2.24, 2.45) is 0 Å². The lowest BCUT2D eigenvalue weighted by Gasteiger charge is -2.32. The van der Waals surface area contributed by atoms with Crippen molar-refractivity contribution in [3.05, 3.63) is 11.8 Å². The summed E-state index contributed by atoms with van der Waals surface area (Å²) in [4.78, 5) is 0. The van der Waals surface area contributed by atoms with E-state index in [9.17, 15) is 0 Å². The van der Waals surface area contributed by atoms with Crippen molar-refractivity contribution in [2.45, 2.75) is 45.8 Å². The summed E-state index contributed by atoms with van der Waals surface area (Å²) in [5.74, 6) is 0. The molecule has 0 spiro atoms. The van der Waals surface area contributed by atoms with Crippen LogP contribution >= 0.6 is 0 Å². The summed E-state index contributed by atoms with van der Waals surface area (Å²) in [6.45, 7) is 9.91. The van der Waals surface area contributed by atoms with E-state index in [0.717, 1.165) is 5.69 Å². The molecule has 1 aromatic rings. The van der Waals surface area contributed by atoms with E-state index in [2.05, 4.69) is 5.16 Å². The van der Waals surface area contributed by atoms with E-state index in [-0.39, 0.29) is 11.2 Å². The zero-order chi connectivity index (χ0) is 11.3. The Morgan fingerprint density at radius 1 is 1.13 bits per heavy atom. The average molecular weight is 209 g/mol. The fraction of sp³-hybridized carbons (Fsp3) is 0.700. The molecule has 1 aliphatic heterocycles. The van der Waals surface area contributed by atoms with Crippen LogP contribution in [0.5, 0.6) is 0 Å². The molecule has 1 aromatic heterocycles. The normalized spacial score (nSPS) is 23.4. The monoisotopic (exact) mass is 209 g/mol. The minimum absolute atomic E-state index is 0.335. The molecular weight excluding hydrogens is 193 g/mol. The number of hydrogen-bond donors (Lipinski definition) is 0. The topological polar surface area (TPSA) is 44.5 Å². The fourth-order valence-electron chi connectivity index (χ4n) is 1.45. The van der Waals surface area contributed by atoms with Crippen molar-refractivity contribution in [3.63, 3.8) is 0 Å². The van der Waals surface area contributed by atoms with Crippen LogP contribution in [0.4, 0.5) is 0 Å². The third-order valence-corrected chi connectivity index (χ3v) is 3.13. The van der Waals surface area contributed by atoms with Gasteiger partial charge >= 0.3 is 7.12 Å². The highest BCUT2D eigenvalue weighted by molar-refractivity contribution is 6.60. The van der Waals surface area contributed by atoms with E-state index in [1.165, 1.54) is 0 Å². The van der Waals surface area contributed by atoms with Gasteiger partial charge in [-0.1, -0.05) is 5.16 Å². The standard InChI is InChI=1S/C10H16BNO3/c1-7-6-8(13-12-7)11-14-9(2,3)10(4,5)15-11/h6H,1-5H3. The third-order valence-electron chi connectivity index (χ3n) is 3.13. The van der Waals surface area contributed by atoms with Gasteiger partial charge < -0.3 is 13.8 Å². The highest BCUT2D eigenvalue weighted by Gasteiger charge is 2.53. The number of hydrogen-bond acceptors (Lipinski definition) is 4. The first-order valence-corrected chi connectivity index (χ1v) is 5.11. The summed E-state index contributed by atoms with van der Waals surface area (Å²) in [6.07, 6.45) is 0. The molecule has 0 bridgehead atoms. The summed E-state index contributed by atoms with van der Waals surface area (Å²) >= 11 is 0. The predicted molar refractivity (Wildman–Crippen MR) is 57.0 cm³/mol. The van der Waals surface area contributed by atoms with Crippen molar-refractivity contribution in [1.29, 1.82) is 0 Å². The lowest BCUT2D eigenvalue weighted by atomic mass is 9.86. The Morgan fingerprint density at radius 3 is 2.07 bits per heavy atom. The molecule has 2 heterocycles. The van der Waals surface area contributed by atoms with E-state index in [0.29, 0.717) is 5.66 Å². The summed E-state index contributed by atoms with van der Waals surface area (Å²) in [7, 11) is -0.448. The molecule has 0 aliphatic carbocycles. The maximum Gasteiger partial charge on any atom is 0.535 e. The first-order valence-electron chi connectivity index (χ1n) is 5.11. The van der Waals surface area contributed by atoms with Crippen LogP contribution in [0.15, 0.2) is 10.6 Å². The van der Waals surface area contributed by atoms with Crippen LogP contribution in [0.25, 0.3) is 0 Å².